The Labute approximate surface area is 83.9 Å². The molecule has 0 heterocycles. The molecule has 0 aromatic carbocycles. The molecule has 0 amide bonds. The molecule has 0 unspecified atom stereocenters. The summed E-state index contributed by atoms with van der Waals surface area (Å²) >= 11 is 0. The maximum Gasteiger partial charge on any atom is 0.330 e. The van der Waals surface area contributed by atoms with Crippen LogP contribution in [0.2, 0.25) is 0 Å². The minimum atomic E-state index is -0.361. The number of carbonyl (C=O) groups is 2. The first-order valence-corrected chi connectivity index (χ1v) is 4.42. The number of carbonyl (C=O) groups excluding carboxylic acids is 2. The van der Waals surface area contributed by atoms with E-state index in [4.69, 9.17) is 0 Å². The summed E-state index contributed by atoms with van der Waals surface area (Å²) in [6.07, 6.45) is 3.19. The van der Waals surface area contributed by atoms with Crippen molar-refractivity contribution in [2.75, 3.05) is 14.2 Å². The first kappa shape index (κ1) is 12.7. The maximum atomic E-state index is 10.8. The highest BCUT2D eigenvalue weighted by Gasteiger charge is 2.01. The van der Waals surface area contributed by atoms with E-state index in [2.05, 4.69) is 9.47 Å². The molecule has 4 heteroatoms. The van der Waals surface area contributed by atoms with Gasteiger partial charge in [0, 0.05) is 12.5 Å². The molecule has 0 spiro atoms. The molecule has 0 rings (SSSR count). The molecule has 0 aromatic heterocycles. The van der Waals surface area contributed by atoms with E-state index >= 15 is 0 Å². The topological polar surface area (TPSA) is 52.6 Å². The third-order valence-electron chi connectivity index (χ3n) is 1.75. The molecule has 80 valence electrons. The zero-order chi connectivity index (χ0) is 11.0. The Balaban J connectivity index is 3.73. The van der Waals surface area contributed by atoms with Crippen molar-refractivity contribution in [2.24, 2.45) is 0 Å². The zero-order valence-electron chi connectivity index (χ0n) is 8.83. The van der Waals surface area contributed by atoms with Crippen LogP contribution in [-0.2, 0) is 19.1 Å². The zero-order valence-corrected chi connectivity index (χ0v) is 8.83. The van der Waals surface area contributed by atoms with Crippen molar-refractivity contribution in [3.05, 3.63) is 11.6 Å². The van der Waals surface area contributed by atoms with Crippen LogP contribution < -0.4 is 0 Å². The van der Waals surface area contributed by atoms with Gasteiger partial charge in [-0.1, -0.05) is 5.57 Å². The van der Waals surface area contributed by atoms with Crippen LogP contribution in [0, 0.1) is 0 Å². The quantitative estimate of drug-likeness (QED) is 0.498. The van der Waals surface area contributed by atoms with Crippen LogP contribution in [0.4, 0.5) is 0 Å². The number of ether oxygens (including phenoxy) is 2. The fourth-order valence-corrected chi connectivity index (χ4v) is 0.946. The van der Waals surface area contributed by atoms with Gasteiger partial charge in [-0.15, -0.1) is 0 Å². The molecule has 0 aliphatic carbocycles. The lowest BCUT2D eigenvalue weighted by atomic mass is 10.1. The molecule has 0 N–H and O–H groups in total. The highest BCUT2D eigenvalue weighted by molar-refractivity contribution is 5.82. The smallest absolute Gasteiger partial charge is 0.330 e. The van der Waals surface area contributed by atoms with E-state index in [1.807, 2.05) is 6.92 Å². The van der Waals surface area contributed by atoms with E-state index in [1.54, 1.807) is 0 Å². The van der Waals surface area contributed by atoms with Gasteiger partial charge in [0.25, 0.3) is 0 Å². The van der Waals surface area contributed by atoms with Crippen LogP contribution in [0.5, 0.6) is 0 Å². The Bertz CT molecular complexity index is 230. The Morgan fingerprint density at radius 3 is 2.29 bits per heavy atom. The van der Waals surface area contributed by atoms with E-state index in [0.717, 1.165) is 5.57 Å². The molecule has 0 bridgehead atoms. The number of methoxy groups -OCH3 is 2. The van der Waals surface area contributed by atoms with Crippen LogP contribution in [0.1, 0.15) is 26.2 Å². The second-order valence-corrected chi connectivity index (χ2v) is 2.94. The van der Waals surface area contributed by atoms with Gasteiger partial charge in [0.2, 0.25) is 0 Å². The molecule has 4 nitrogen and oxygen atoms in total. The van der Waals surface area contributed by atoms with Crippen LogP contribution in [-0.4, -0.2) is 26.2 Å². The summed E-state index contributed by atoms with van der Waals surface area (Å²) in [6, 6.07) is 0. The minimum Gasteiger partial charge on any atom is -0.469 e. The normalized spacial score (nSPS) is 10.9. The van der Waals surface area contributed by atoms with Gasteiger partial charge < -0.3 is 9.47 Å². The Hall–Kier alpha value is -1.32. The highest BCUT2D eigenvalue weighted by atomic mass is 16.5. The van der Waals surface area contributed by atoms with Crippen molar-refractivity contribution in [2.45, 2.75) is 26.2 Å². The predicted molar refractivity (Wildman–Crippen MR) is 51.6 cm³/mol. The van der Waals surface area contributed by atoms with Gasteiger partial charge in [0.1, 0.15) is 0 Å². The molecule has 0 saturated heterocycles. The minimum absolute atomic E-state index is 0.226. The van der Waals surface area contributed by atoms with Crippen LogP contribution in [0.25, 0.3) is 0 Å². The van der Waals surface area contributed by atoms with Gasteiger partial charge in [-0.3, -0.25) is 4.79 Å². The summed E-state index contributed by atoms with van der Waals surface area (Å²) in [5.74, 6) is -0.587. The van der Waals surface area contributed by atoms with Gasteiger partial charge in [-0.2, -0.15) is 0 Å². The molecule has 0 aromatic rings. The lowest BCUT2D eigenvalue weighted by Crippen LogP contribution is -2.00. The third kappa shape index (κ3) is 6.22. The summed E-state index contributed by atoms with van der Waals surface area (Å²) < 4.78 is 8.95. The van der Waals surface area contributed by atoms with E-state index in [0.29, 0.717) is 19.3 Å². The molecular formula is C10H16O4. The fraction of sp³-hybridized carbons (Fsp3) is 0.600. The summed E-state index contributed by atoms with van der Waals surface area (Å²) in [4.78, 5) is 21.5. The van der Waals surface area contributed by atoms with Crippen molar-refractivity contribution in [3.8, 4) is 0 Å². The molecule has 0 radical (unpaired) electrons. The van der Waals surface area contributed by atoms with Crippen LogP contribution >= 0.6 is 0 Å². The van der Waals surface area contributed by atoms with Crippen molar-refractivity contribution in [1.29, 1.82) is 0 Å². The lowest BCUT2D eigenvalue weighted by Gasteiger charge is -2.00. The Morgan fingerprint density at radius 2 is 1.79 bits per heavy atom. The second kappa shape index (κ2) is 7.12. The van der Waals surface area contributed by atoms with Crippen LogP contribution in [0.15, 0.2) is 11.6 Å². The van der Waals surface area contributed by atoms with Gasteiger partial charge >= 0.3 is 11.9 Å². The van der Waals surface area contributed by atoms with Crippen molar-refractivity contribution in [3.63, 3.8) is 0 Å². The molecule has 0 atom stereocenters. The van der Waals surface area contributed by atoms with Crippen molar-refractivity contribution >= 4 is 11.9 Å². The second-order valence-electron chi connectivity index (χ2n) is 2.94. The predicted octanol–water partition coefficient (Wildman–Crippen LogP) is 1.45. The van der Waals surface area contributed by atoms with Gasteiger partial charge in [0.15, 0.2) is 0 Å². The summed E-state index contributed by atoms with van der Waals surface area (Å²) in [6.45, 7) is 1.83. The molecule has 0 aliphatic rings. The number of rotatable bonds is 5. The van der Waals surface area contributed by atoms with Crippen LogP contribution in [0.3, 0.4) is 0 Å². The van der Waals surface area contributed by atoms with Crippen molar-refractivity contribution in [1.82, 2.24) is 0 Å². The Kier molecular flexibility index (Phi) is 6.45. The van der Waals surface area contributed by atoms with Gasteiger partial charge in [-0.25, -0.2) is 4.79 Å². The SMILES string of the molecule is COC(=O)/C=C(/C)CCCC(=O)OC. The average Bonchev–Trinajstić information content (AvgIpc) is 2.17. The number of esters is 2. The monoisotopic (exact) mass is 200 g/mol. The number of allylic oxidation sites excluding steroid dienone is 1. The standard InChI is InChI=1S/C10H16O4/c1-8(7-10(12)14-3)5-4-6-9(11)13-2/h7H,4-6H2,1-3H3/b8-7-. The lowest BCUT2D eigenvalue weighted by molar-refractivity contribution is -0.140. The first-order valence-electron chi connectivity index (χ1n) is 4.42. The van der Waals surface area contributed by atoms with Gasteiger partial charge in [0.05, 0.1) is 14.2 Å². The fourth-order valence-electron chi connectivity index (χ4n) is 0.946. The van der Waals surface area contributed by atoms with E-state index < -0.39 is 0 Å². The molecule has 0 saturated carbocycles. The largest absolute Gasteiger partial charge is 0.469 e. The highest BCUT2D eigenvalue weighted by Crippen LogP contribution is 2.07. The third-order valence-corrected chi connectivity index (χ3v) is 1.75. The molecule has 14 heavy (non-hydrogen) atoms. The van der Waals surface area contributed by atoms with Crippen molar-refractivity contribution < 1.29 is 19.1 Å². The molecule has 0 aliphatic heterocycles. The average molecular weight is 200 g/mol. The van der Waals surface area contributed by atoms with E-state index in [9.17, 15) is 9.59 Å². The first-order chi connectivity index (χ1) is 6.60. The molecule has 0 fully saturated rings. The van der Waals surface area contributed by atoms with E-state index in [-0.39, 0.29) is 11.9 Å². The number of hydrogen-bond donors (Lipinski definition) is 0. The Morgan fingerprint density at radius 1 is 1.14 bits per heavy atom. The maximum absolute atomic E-state index is 10.8. The summed E-state index contributed by atoms with van der Waals surface area (Å²) in [5.41, 5.74) is 0.903. The molecular weight excluding hydrogens is 184 g/mol. The summed E-state index contributed by atoms with van der Waals surface area (Å²) in [7, 11) is 2.69. The van der Waals surface area contributed by atoms with Gasteiger partial charge in [-0.05, 0) is 19.8 Å². The van der Waals surface area contributed by atoms with E-state index in [1.165, 1.54) is 20.3 Å². The number of hydrogen-bond acceptors (Lipinski definition) is 4. The summed E-state index contributed by atoms with van der Waals surface area (Å²) in [5, 5.41) is 0.